The van der Waals surface area contributed by atoms with Crippen molar-refractivity contribution in [3.63, 3.8) is 0 Å². The average molecular weight is 943 g/mol. The Balaban J connectivity index is 1.63. The fourth-order valence-corrected chi connectivity index (χ4v) is 8.15. The van der Waals surface area contributed by atoms with Crippen LogP contribution in [0.25, 0.3) is 16.7 Å². The van der Waals surface area contributed by atoms with Gasteiger partial charge in [0, 0.05) is 16.7 Å². The van der Waals surface area contributed by atoms with Crippen LogP contribution in [0.15, 0.2) is 72.4 Å². The molecule has 1 aromatic heterocycles. The first-order chi connectivity index (χ1) is 29.0. The van der Waals surface area contributed by atoms with E-state index in [0.717, 1.165) is 0 Å². The lowest BCUT2D eigenvalue weighted by Gasteiger charge is -2.15. The van der Waals surface area contributed by atoms with Crippen LogP contribution >= 0.6 is 23.2 Å². The van der Waals surface area contributed by atoms with Crippen LogP contribution in [0, 0.1) is 87.3 Å². The van der Waals surface area contributed by atoms with E-state index in [1.54, 1.807) is 0 Å². The first-order valence-corrected chi connectivity index (χ1v) is 18.4. The minimum atomic E-state index is -5.89. The molecule has 0 radical (unpaired) electrons. The van der Waals surface area contributed by atoms with Crippen molar-refractivity contribution in [1.82, 2.24) is 4.98 Å². The molecule has 318 valence electrons. The number of aromatic nitrogens is 1. The Morgan fingerprint density at radius 1 is 0.452 bits per heavy atom. The van der Waals surface area contributed by atoms with E-state index in [0.29, 0.717) is 30.4 Å². The van der Waals surface area contributed by atoms with Crippen molar-refractivity contribution in [1.29, 1.82) is 0 Å². The molecule has 25 heteroatoms. The van der Waals surface area contributed by atoms with E-state index in [1.165, 1.54) is 0 Å². The maximum absolute atomic E-state index is 15.8. The highest BCUT2D eigenvalue weighted by molar-refractivity contribution is 7.86. The second-order valence-electron chi connectivity index (χ2n) is 12.7. The van der Waals surface area contributed by atoms with E-state index >= 15 is 26.3 Å². The SMILES string of the molecule is O=S(=O)(O)c1c2[nH]c(c1Cl)C1=NC(=C(c3c(F)c(F)c(F)c(F)c3F)C3=NC(=C(c4c(F)c(F)c(F)c(F)c4F)C4=NC(=C2c2c(F)c(F)c(F)c(F)c2F)C=C4)C=C3)C(Cl)=C1. The number of nitrogens with one attached hydrogen (secondary N) is 1. The quantitative estimate of drug-likeness (QED) is 0.0921. The minimum absolute atomic E-state index is 0.523. The molecule has 4 aliphatic heterocycles. The summed E-state index contributed by atoms with van der Waals surface area (Å²) in [7, 11) is -5.89. The molecule has 0 aliphatic carbocycles. The normalized spacial score (nSPS) is 16.1. The first-order valence-electron chi connectivity index (χ1n) is 16.2. The Bertz CT molecular complexity index is 3200. The summed E-state index contributed by atoms with van der Waals surface area (Å²) in [6.07, 6.45) is 2.97. The molecular formula is C37H7Cl2F15N4O3S. The molecule has 4 aliphatic rings. The second kappa shape index (κ2) is 14.5. The molecule has 5 heterocycles. The Morgan fingerprint density at radius 2 is 0.806 bits per heavy atom. The van der Waals surface area contributed by atoms with Crippen LogP contribution in [0.5, 0.6) is 0 Å². The summed E-state index contributed by atoms with van der Waals surface area (Å²) in [5.41, 5.74) is -18.4. The highest BCUT2D eigenvalue weighted by Crippen LogP contribution is 2.46. The molecule has 0 saturated carbocycles. The molecule has 0 saturated heterocycles. The molecule has 4 aromatic rings. The molecule has 0 amide bonds. The van der Waals surface area contributed by atoms with Crippen LogP contribution in [-0.4, -0.2) is 35.1 Å². The number of nitrogens with zero attached hydrogens (tertiary/aromatic N) is 3. The standard InChI is InChI=1S/C37H7Cl2F15N4O3S/c38-6-5-11-35-18(39)37(62(59,60)61)36(58-35)14(17-23(44)29(50)33(54)30(51)24(17)45)10-4-2-8(56-10)12(15-19(40)25(46)31(52)26(47)20(15)41)7-1-3-9(55-7)13(34(6)57-11)16-21(42)27(48)32(53)28(49)22(16)43/h1-5,58H,(H,59,60,61). The number of halogens is 17. The smallest absolute Gasteiger partial charge is 0.298 e. The summed E-state index contributed by atoms with van der Waals surface area (Å²) in [5, 5.41) is -2.10. The third-order valence-corrected chi connectivity index (χ3v) is 11.0. The number of hydrogen-bond acceptors (Lipinski definition) is 5. The lowest BCUT2D eigenvalue weighted by atomic mass is 9.96. The summed E-state index contributed by atoms with van der Waals surface area (Å²) < 4.78 is 262. The summed E-state index contributed by atoms with van der Waals surface area (Å²) in [6, 6.07) is 0. The van der Waals surface area contributed by atoms with Gasteiger partial charge in [-0.15, -0.1) is 0 Å². The maximum atomic E-state index is 15.8. The maximum Gasteiger partial charge on any atom is 0.298 e. The van der Waals surface area contributed by atoms with Gasteiger partial charge < -0.3 is 4.98 Å². The van der Waals surface area contributed by atoms with E-state index in [9.17, 15) is 52.5 Å². The van der Waals surface area contributed by atoms with E-state index in [-0.39, 0.29) is 0 Å². The van der Waals surface area contributed by atoms with Crippen LogP contribution in [0.4, 0.5) is 65.9 Å². The highest BCUT2D eigenvalue weighted by Gasteiger charge is 2.40. The van der Waals surface area contributed by atoms with Crippen LogP contribution in [-0.2, 0) is 10.1 Å². The Kier molecular flexibility index (Phi) is 9.91. The molecule has 7 nitrogen and oxygen atoms in total. The summed E-state index contributed by atoms with van der Waals surface area (Å²) >= 11 is 12.7. The fraction of sp³-hybridized carbons (Fsp3) is 0. The molecule has 0 atom stereocenters. The largest absolute Gasteiger partial charge is 0.351 e. The van der Waals surface area contributed by atoms with Crippen LogP contribution in [0.3, 0.4) is 0 Å². The Hall–Kier alpha value is -6.17. The van der Waals surface area contributed by atoms with Gasteiger partial charge in [-0.2, -0.15) is 8.42 Å². The predicted octanol–water partition coefficient (Wildman–Crippen LogP) is 10.5. The number of benzene rings is 3. The van der Waals surface area contributed by atoms with Gasteiger partial charge in [0.1, 0.15) is 4.90 Å². The average Bonchev–Trinajstić information content (AvgIpc) is 4.04. The van der Waals surface area contributed by atoms with E-state index in [2.05, 4.69) is 20.0 Å². The molecule has 2 N–H and O–H groups in total. The molecule has 3 aromatic carbocycles. The topological polar surface area (TPSA) is 107 Å². The zero-order valence-corrected chi connectivity index (χ0v) is 31.2. The molecule has 8 bridgehead atoms. The van der Waals surface area contributed by atoms with Gasteiger partial charge in [-0.1, -0.05) is 23.2 Å². The molecule has 62 heavy (non-hydrogen) atoms. The number of fused-ring (bicyclic) bond motifs is 6. The number of hydrogen-bond donors (Lipinski definition) is 2. The van der Waals surface area contributed by atoms with Crippen molar-refractivity contribution < 1.29 is 78.8 Å². The molecule has 0 unspecified atom stereocenters. The zero-order valence-electron chi connectivity index (χ0n) is 28.8. The van der Waals surface area contributed by atoms with Gasteiger partial charge in [0.15, 0.2) is 69.8 Å². The van der Waals surface area contributed by atoms with Crippen molar-refractivity contribution in [3.8, 4) is 0 Å². The summed E-state index contributed by atoms with van der Waals surface area (Å²) in [4.78, 5) is 12.2. The van der Waals surface area contributed by atoms with Crippen molar-refractivity contribution in [3.05, 3.63) is 173 Å². The molecular weight excluding hydrogens is 936 g/mol. The molecule has 8 rings (SSSR count). The Labute approximate surface area is 343 Å². The first kappa shape index (κ1) is 42.5. The van der Waals surface area contributed by atoms with Gasteiger partial charge in [0.25, 0.3) is 10.1 Å². The summed E-state index contributed by atoms with van der Waals surface area (Å²) in [5.74, 6) is -39.7. The van der Waals surface area contributed by atoms with Crippen LogP contribution < -0.4 is 0 Å². The summed E-state index contributed by atoms with van der Waals surface area (Å²) in [6.45, 7) is 0. The third kappa shape index (κ3) is 6.03. The highest BCUT2D eigenvalue weighted by atomic mass is 35.5. The van der Waals surface area contributed by atoms with Crippen molar-refractivity contribution in [2.45, 2.75) is 4.90 Å². The van der Waals surface area contributed by atoms with E-state index < -0.39 is 191 Å². The number of aliphatic imine (C=N–C) groups is 3. The fourth-order valence-electron chi connectivity index (χ4n) is 6.64. The molecule has 0 spiro atoms. The lowest BCUT2D eigenvalue weighted by Crippen LogP contribution is -2.12. The van der Waals surface area contributed by atoms with Gasteiger partial charge in [-0.3, -0.25) is 4.55 Å². The monoisotopic (exact) mass is 942 g/mol. The second-order valence-corrected chi connectivity index (χ2v) is 14.9. The van der Waals surface area contributed by atoms with E-state index in [1.807, 2.05) is 0 Å². The van der Waals surface area contributed by atoms with Crippen molar-refractivity contribution in [2.24, 2.45) is 15.0 Å². The van der Waals surface area contributed by atoms with Gasteiger partial charge >= 0.3 is 0 Å². The third-order valence-electron chi connectivity index (χ3n) is 9.30. The number of H-pyrrole nitrogens is 1. The number of allylic oxidation sites excluding steroid dienone is 8. The van der Waals surface area contributed by atoms with Crippen LogP contribution in [0.1, 0.15) is 28.1 Å². The minimum Gasteiger partial charge on any atom is -0.351 e. The van der Waals surface area contributed by atoms with Crippen molar-refractivity contribution in [2.75, 3.05) is 0 Å². The predicted molar refractivity (Wildman–Crippen MR) is 188 cm³/mol. The molecule has 0 fully saturated rings. The van der Waals surface area contributed by atoms with Gasteiger partial charge in [0.05, 0.1) is 72.4 Å². The zero-order chi connectivity index (χ0) is 45.3. The van der Waals surface area contributed by atoms with Gasteiger partial charge in [-0.25, -0.2) is 80.8 Å². The lowest BCUT2D eigenvalue weighted by molar-refractivity contribution is 0.376. The van der Waals surface area contributed by atoms with Crippen LogP contribution in [0.2, 0.25) is 5.02 Å². The number of rotatable bonds is 4. The van der Waals surface area contributed by atoms with E-state index in [4.69, 9.17) is 23.2 Å². The van der Waals surface area contributed by atoms with Crippen molar-refractivity contribution >= 4 is 67.2 Å². The van der Waals surface area contributed by atoms with Gasteiger partial charge in [0.2, 0.25) is 17.5 Å². The Morgan fingerprint density at radius 3 is 1.23 bits per heavy atom. The number of aromatic amines is 1. The van der Waals surface area contributed by atoms with Gasteiger partial charge in [-0.05, 0) is 30.4 Å².